The third kappa shape index (κ3) is 4.46. The fourth-order valence-corrected chi connectivity index (χ4v) is 5.61. The molecule has 2 aromatic rings. The number of Topliss-reactive ketones (excluding diaryl/α,β-unsaturated/α-hetero) is 1. The number of carbonyl (C=O) groups is 2. The van der Waals surface area contributed by atoms with Crippen LogP contribution in [0.3, 0.4) is 0 Å². The van der Waals surface area contributed by atoms with Crippen molar-refractivity contribution in [1.29, 1.82) is 0 Å². The van der Waals surface area contributed by atoms with Gasteiger partial charge in [-0.05, 0) is 80.4 Å². The molecule has 37 heavy (non-hydrogen) atoms. The summed E-state index contributed by atoms with van der Waals surface area (Å²) in [5, 5.41) is 0. The molecule has 1 aromatic heterocycles. The van der Waals surface area contributed by atoms with E-state index >= 15 is 0 Å². The first-order valence-corrected chi connectivity index (χ1v) is 13.1. The summed E-state index contributed by atoms with van der Waals surface area (Å²) < 4.78 is 24.6. The topological polar surface area (TPSA) is 96.3 Å². The van der Waals surface area contributed by atoms with Gasteiger partial charge in [-0.3, -0.25) is 14.6 Å². The molecular formula is C28H31BrN2O6. The zero-order chi connectivity index (χ0) is 26.6. The maximum absolute atomic E-state index is 13.0. The number of ether oxygens (including phenoxy) is 4. The lowest BCUT2D eigenvalue weighted by Crippen LogP contribution is -2.71. The van der Waals surface area contributed by atoms with Gasteiger partial charge in [0.15, 0.2) is 11.7 Å². The van der Waals surface area contributed by atoms with Crippen LogP contribution in [0.15, 0.2) is 46.0 Å². The molecule has 0 amide bonds. The van der Waals surface area contributed by atoms with E-state index in [0.717, 1.165) is 15.6 Å². The molecule has 8 nitrogen and oxygen atoms in total. The lowest BCUT2D eigenvalue weighted by molar-refractivity contribution is -0.247. The number of fused-ring (bicyclic) bond motifs is 3. The molecule has 3 aliphatic rings. The Morgan fingerprint density at radius 2 is 1.84 bits per heavy atom. The van der Waals surface area contributed by atoms with Crippen molar-refractivity contribution in [1.82, 2.24) is 4.98 Å². The molecule has 0 radical (unpaired) electrons. The zero-order valence-corrected chi connectivity index (χ0v) is 23.3. The second kappa shape index (κ2) is 8.91. The summed E-state index contributed by atoms with van der Waals surface area (Å²) in [5.74, 6) is 0.545. The number of aliphatic imine (C=N–C) groups is 1. The summed E-state index contributed by atoms with van der Waals surface area (Å²) in [6.45, 7) is 10.7. The summed E-state index contributed by atoms with van der Waals surface area (Å²) in [5.41, 5.74) is -0.474. The van der Waals surface area contributed by atoms with Crippen LogP contribution in [-0.4, -0.2) is 53.7 Å². The third-order valence-electron chi connectivity index (χ3n) is 7.35. The number of pyridine rings is 1. The number of carbonyl (C=O) groups excluding carboxylic acids is 2. The Morgan fingerprint density at radius 1 is 1.08 bits per heavy atom. The van der Waals surface area contributed by atoms with E-state index in [9.17, 15) is 9.59 Å². The quantitative estimate of drug-likeness (QED) is 0.375. The predicted octanol–water partition coefficient (Wildman–Crippen LogP) is 4.81. The van der Waals surface area contributed by atoms with Crippen LogP contribution in [0.4, 0.5) is 0 Å². The monoisotopic (exact) mass is 570 g/mol. The third-order valence-corrected chi connectivity index (χ3v) is 7.82. The van der Waals surface area contributed by atoms with Crippen molar-refractivity contribution in [2.75, 3.05) is 19.8 Å². The molecule has 196 valence electrons. The van der Waals surface area contributed by atoms with Gasteiger partial charge in [-0.2, -0.15) is 0 Å². The van der Waals surface area contributed by atoms with Gasteiger partial charge in [0.1, 0.15) is 41.2 Å². The van der Waals surface area contributed by atoms with Gasteiger partial charge in [-0.15, -0.1) is 0 Å². The lowest BCUT2D eigenvalue weighted by atomic mass is 9.55. The highest BCUT2D eigenvalue weighted by Crippen LogP contribution is 2.62. The second-order valence-electron chi connectivity index (χ2n) is 11.4. The van der Waals surface area contributed by atoms with Crippen molar-refractivity contribution in [2.45, 2.75) is 64.2 Å². The van der Waals surface area contributed by atoms with Crippen LogP contribution in [0.1, 0.15) is 62.7 Å². The molecule has 5 rings (SSSR count). The predicted molar refractivity (Wildman–Crippen MR) is 140 cm³/mol. The number of esters is 1. The van der Waals surface area contributed by atoms with Crippen LogP contribution in [-0.2, 0) is 31.0 Å². The molecule has 1 saturated heterocycles. The van der Waals surface area contributed by atoms with Gasteiger partial charge in [-0.25, -0.2) is 4.99 Å². The molecule has 9 heteroatoms. The number of nitrogens with zero attached hydrogens (tertiary/aromatic N) is 2. The Labute approximate surface area is 224 Å². The number of benzene rings is 1. The standard InChI is InChI=1S/C28H31BrN2O6/c1-25(2,3)37-24(33)12-23-31-28(16-35-23)19-10-17(11-21(32)20-8-7-18(29)13-30-20)6-9-22(19)36-26(4,5)27(28)14-34-15-27/h6-10,13H,11-12,14-16H2,1-5H3/t28-/m0/s1. The maximum atomic E-state index is 13.0. The fourth-order valence-electron chi connectivity index (χ4n) is 5.38. The van der Waals surface area contributed by atoms with Crippen molar-refractivity contribution >= 4 is 33.6 Å². The molecule has 4 heterocycles. The molecule has 3 aliphatic heterocycles. The molecule has 1 atom stereocenters. The first-order valence-electron chi connectivity index (χ1n) is 12.3. The first-order chi connectivity index (χ1) is 17.3. The highest BCUT2D eigenvalue weighted by molar-refractivity contribution is 9.10. The molecule has 0 saturated carbocycles. The van der Waals surface area contributed by atoms with Gasteiger partial charge >= 0.3 is 5.97 Å². The van der Waals surface area contributed by atoms with E-state index < -0.39 is 28.1 Å². The molecule has 0 unspecified atom stereocenters. The number of hydrogen-bond acceptors (Lipinski definition) is 8. The Hall–Kier alpha value is -2.78. The van der Waals surface area contributed by atoms with Gasteiger partial charge in [0.05, 0.1) is 18.6 Å². The average molecular weight is 571 g/mol. The minimum Gasteiger partial charge on any atom is -0.487 e. The Bertz CT molecular complexity index is 1280. The molecular weight excluding hydrogens is 540 g/mol. The molecule has 1 fully saturated rings. The molecule has 0 aliphatic carbocycles. The van der Waals surface area contributed by atoms with Crippen LogP contribution in [0.2, 0.25) is 0 Å². The minimum atomic E-state index is -0.825. The van der Waals surface area contributed by atoms with Crippen LogP contribution >= 0.6 is 15.9 Å². The summed E-state index contributed by atoms with van der Waals surface area (Å²) >= 11 is 3.35. The highest BCUT2D eigenvalue weighted by Gasteiger charge is 2.71. The number of ketones is 1. The van der Waals surface area contributed by atoms with Crippen LogP contribution in [0, 0.1) is 5.41 Å². The normalized spacial score (nSPS) is 22.9. The summed E-state index contributed by atoms with van der Waals surface area (Å²) in [4.78, 5) is 34.8. The van der Waals surface area contributed by atoms with E-state index in [2.05, 4.69) is 20.9 Å². The average Bonchev–Trinajstić information content (AvgIpc) is 3.15. The van der Waals surface area contributed by atoms with E-state index in [1.54, 1.807) is 18.3 Å². The molecule has 2 spiro atoms. The van der Waals surface area contributed by atoms with Crippen molar-refractivity contribution in [3.8, 4) is 5.75 Å². The van der Waals surface area contributed by atoms with Crippen LogP contribution in [0.5, 0.6) is 5.75 Å². The molecule has 0 N–H and O–H groups in total. The van der Waals surface area contributed by atoms with Gasteiger partial charge in [0.25, 0.3) is 0 Å². The van der Waals surface area contributed by atoms with E-state index in [1.165, 1.54) is 0 Å². The molecule has 0 bridgehead atoms. The van der Waals surface area contributed by atoms with Crippen LogP contribution < -0.4 is 4.74 Å². The summed E-state index contributed by atoms with van der Waals surface area (Å²) in [6, 6.07) is 9.27. The Balaban J connectivity index is 1.52. The first kappa shape index (κ1) is 25.9. The largest absolute Gasteiger partial charge is 0.487 e. The van der Waals surface area contributed by atoms with Crippen molar-refractivity contribution in [3.05, 3.63) is 57.8 Å². The van der Waals surface area contributed by atoms with Crippen molar-refractivity contribution in [2.24, 2.45) is 10.4 Å². The smallest absolute Gasteiger partial charge is 0.315 e. The summed E-state index contributed by atoms with van der Waals surface area (Å²) in [7, 11) is 0. The van der Waals surface area contributed by atoms with E-state index in [1.807, 2.05) is 52.8 Å². The van der Waals surface area contributed by atoms with Crippen molar-refractivity contribution < 1.29 is 28.5 Å². The van der Waals surface area contributed by atoms with Crippen LogP contribution in [0.25, 0.3) is 0 Å². The van der Waals surface area contributed by atoms with E-state index in [-0.39, 0.29) is 25.2 Å². The number of rotatable bonds is 5. The van der Waals surface area contributed by atoms with E-state index in [0.29, 0.717) is 30.6 Å². The number of hydrogen-bond donors (Lipinski definition) is 0. The van der Waals surface area contributed by atoms with Gasteiger partial charge in [0, 0.05) is 22.7 Å². The SMILES string of the molecule is CC(C)(C)OC(=O)CC1=N[C@@]2(CO1)c1cc(CC(=O)c3ccc(Br)cn3)ccc1OC(C)(C)C21COC1. The lowest BCUT2D eigenvalue weighted by Gasteiger charge is -2.61. The molecule has 1 aromatic carbocycles. The summed E-state index contributed by atoms with van der Waals surface area (Å²) in [6.07, 6.45) is 1.74. The van der Waals surface area contributed by atoms with Gasteiger partial charge < -0.3 is 18.9 Å². The fraction of sp³-hybridized carbons (Fsp3) is 0.500. The zero-order valence-electron chi connectivity index (χ0n) is 21.7. The van der Waals surface area contributed by atoms with Gasteiger partial charge in [-0.1, -0.05) is 6.07 Å². The second-order valence-corrected chi connectivity index (χ2v) is 12.3. The Morgan fingerprint density at radius 3 is 2.46 bits per heavy atom. The van der Waals surface area contributed by atoms with Crippen molar-refractivity contribution in [3.63, 3.8) is 0 Å². The highest BCUT2D eigenvalue weighted by atomic mass is 79.9. The number of aromatic nitrogens is 1. The van der Waals surface area contributed by atoms with E-state index in [4.69, 9.17) is 23.9 Å². The number of halogens is 1. The van der Waals surface area contributed by atoms with Gasteiger partial charge in [0.2, 0.25) is 0 Å². The minimum absolute atomic E-state index is 0.0556. The maximum Gasteiger partial charge on any atom is 0.315 e. The Kier molecular flexibility index (Phi) is 6.22.